The van der Waals surface area contributed by atoms with Crippen molar-refractivity contribution in [2.45, 2.75) is 32.1 Å². The SMILES string of the molecule is N#CCOP1(=S)C2=C(N3CCCC3)CCCC2=NN1c1ccccc1. The highest BCUT2D eigenvalue weighted by Gasteiger charge is 2.45. The number of nitrogens with zero attached hydrogens (tertiary/aromatic N) is 4. The molecule has 5 nitrogen and oxygen atoms in total. The lowest BCUT2D eigenvalue weighted by Crippen LogP contribution is -2.25. The first kappa shape index (κ1) is 16.8. The second kappa shape index (κ2) is 6.92. The van der Waals surface area contributed by atoms with Crippen LogP contribution >= 0.6 is 6.42 Å². The number of hydrogen-bond acceptors (Lipinski definition) is 5. The van der Waals surface area contributed by atoms with Crippen molar-refractivity contribution in [2.75, 3.05) is 24.5 Å². The molecule has 0 spiro atoms. The number of nitriles is 1. The molecule has 2 heterocycles. The predicted molar refractivity (Wildman–Crippen MR) is 104 cm³/mol. The molecule has 1 aromatic rings. The van der Waals surface area contributed by atoms with E-state index in [1.165, 1.54) is 18.5 Å². The van der Waals surface area contributed by atoms with Gasteiger partial charge in [0.15, 0.2) is 0 Å². The van der Waals surface area contributed by atoms with Gasteiger partial charge in [-0.05, 0) is 56.0 Å². The summed E-state index contributed by atoms with van der Waals surface area (Å²) in [5, 5.41) is 15.1. The second-order valence-electron chi connectivity index (χ2n) is 6.47. The summed E-state index contributed by atoms with van der Waals surface area (Å²) < 4.78 is 7.95. The summed E-state index contributed by atoms with van der Waals surface area (Å²) in [4.78, 5) is 2.47. The largest absolute Gasteiger partial charge is 0.374 e. The van der Waals surface area contributed by atoms with E-state index in [2.05, 4.69) is 11.0 Å². The van der Waals surface area contributed by atoms with E-state index in [0.717, 1.165) is 49.1 Å². The summed E-state index contributed by atoms with van der Waals surface area (Å²) in [5.74, 6) is 0. The van der Waals surface area contributed by atoms with E-state index < -0.39 is 6.42 Å². The van der Waals surface area contributed by atoms with Gasteiger partial charge in [0.05, 0.1) is 22.8 Å². The van der Waals surface area contributed by atoms with Crippen LogP contribution in [0.15, 0.2) is 46.4 Å². The molecule has 1 atom stereocenters. The maximum atomic E-state index is 9.09. The molecule has 0 bridgehead atoms. The van der Waals surface area contributed by atoms with Crippen LogP contribution in [-0.4, -0.2) is 30.3 Å². The molecule has 0 aromatic heterocycles. The minimum Gasteiger partial charge on any atom is -0.374 e. The fraction of sp³-hybridized carbons (Fsp3) is 0.444. The number of allylic oxidation sites excluding steroid dienone is 2. The molecule has 0 N–H and O–H groups in total. The zero-order valence-corrected chi connectivity index (χ0v) is 15.8. The van der Waals surface area contributed by atoms with Gasteiger partial charge in [-0.2, -0.15) is 10.4 Å². The van der Waals surface area contributed by atoms with Gasteiger partial charge in [0.2, 0.25) is 6.42 Å². The molecule has 1 aliphatic carbocycles. The van der Waals surface area contributed by atoms with Crippen molar-refractivity contribution in [3.05, 3.63) is 41.3 Å². The van der Waals surface area contributed by atoms with Gasteiger partial charge in [-0.25, -0.2) is 4.78 Å². The minimum atomic E-state index is -2.58. The number of likely N-dealkylation sites (tertiary alicyclic amines) is 1. The lowest BCUT2D eigenvalue weighted by molar-refractivity contribution is 0.394. The van der Waals surface area contributed by atoms with E-state index in [0.29, 0.717) is 0 Å². The van der Waals surface area contributed by atoms with Crippen molar-refractivity contribution in [3.8, 4) is 6.07 Å². The molecule has 7 heteroatoms. The summed E-state index contributed by atoms with van der Waals surface area (Å²) >= 11 is 6.11. The number of hydrazone groups is 1. The van der Waals surface area contributed by atoms with Crippen LogP contribution in [0.5, 0.6) is 0 Å². The fourth-order valence-corrected chi connectivity index (χ4v) is 7.39. The van der Waals surface area contributed by atoms with Gasteiger partial charge in [0.25, 0.3) is 0 Å². The van der Waals surface area contributed by atoms with Crippen molar-refractivity contribution >= 4 is 29.6 Å². The van der Waals surface area contributed by atoms with Crippen LogP contribution in [0.3, 0.4) is 0 Å². The average molecular weight is 372 g/mol. The summed E-state index contributed by atoms with van der Waals surface area (Å²) in [5.41, 5.74) is 3.33. The van der Waals surface area contributed by atoms with E-state index >= 15 is 0 Å². The Morgan fingerprint density at radius 1 is 1.16 bits per heavy atom. The molecule has 1 fully saturated rings. The van der Waals surface area contributed by atoms with Gasteiger partial charge in [0.1, 0.15) is 6.61 Å². The molecule has 2 aliphatic heterocycles. The first-order valence-electron chi connectivity index (χ1n) is 8.78. The van der Waals surface area contributed by atoms with Crippen LogP contribution < -0.4 is 4.78 Å². The van der Waals surface area contributed by atoms with Crippen LogP contribution in [0.1, 0.15) is 32.1 Å². The Kier molecular flexibility index (Phi) is 4.64. The number of fused-ring (bicyclic) bond motifs is 1. The lowest BCUT2D eigenvalue weighted by Gasteiger charge is -2.33. The number of benzene rings is 1. The number of hydrogen-bond donors (Lipinski definition) is 0. The normalized spacial score (nSPS) is 25.8. The maximum Gasteiger partial charge on any atom is 0.210 e. The van der Waals surface area contributed by atoms with Crippen LogP contribution in [0, 0.1) is 11.3 Å². The summed E-state index contributed by atoms with van der Waals surface area (Å²) in [6.45, 7) is 2.18. The highest BCUT2D eigenvalue weighted by Crippen LogP contribution is 2.66. The molecule has 130 valence electrons. The van der Waals surface area contributed by atoms with E-state index in [1.807, 2.05) is 35.1 Å². The topological polar surface area (TPSA) is 51.9 Å². The predicted octanol–water partition coefficient (Wildman–Crippen LogP) is 4.20. The van der Waals surface area contributed by atoms with Crippen molar-refractivity contribution < 1.29 is 4.52 Å². The average Bonchev–Trinajstić information content (AvgIpc) is 3.28. The van der Waals surface area contributed by atoms with Gasteiger partial charge in [-0.15, -0.1) is 0 Å². The van der Waals surface area contributed by atoms with Gasteiger partial charge >= 0.3 is 0 Å². The molecular weight excluding hydrogens is 351 g/mol. The van der Waals surface area contributed by atoms with Gasteiger partial charge in [-0.3, -0.25) is 0 Å². The van der Waals surface area contributed by atoms with Crippen LogP contribution in [0.25, 0.3) is 0 Å². The standard InChI is InChI=1S/C18H21N4OPS/c19-11-14-23-24(25)18-16(20-22(24)15-7-2-1-3-8-15)9-6-10-17(18)21-12-4-5-13-21/h1-3,7-8H,4-6,9-10,12-14H2. The van der Waals surface area contributed by atoms with Gasteiger partial charge in [-0.1, -0.05) is 18.2 Å². The number of para-hydroxylation sites is 1. The number of anilines is 1. The van der Waals surface area contributed by atoms with E-state index in [-0.39, 0.29) is 6.61 Å². The number of rotatable bonds is 4. The Morgan fingerprint density at radius 2 is 1.92 bits per heavy atom. The molecule has 1 aromatic carbocycles. The molecule has 1 saturated heterocycles. The lowest BCUT2D eigenvalue weighted by atomic mass is 10.0. The van der Waals surface area contributed by atoms with Crippen molar-refractivity contribution in [1.82, 2.24) is 4.90 Å². The van der Waals surface area contributed by atoms with Crippen LogP contribution in [0.4, 0.5) is 5.69 Å². The fourth-order valence-electron chi connectivity index (χ4n) is 3.82. The summed E-state index contributed by atoms with van der Waals surface area (Å²) in [6.07, 6.45) is 2.95. The maximum absolute atomic E-state index is 9.09. The Balaban J connectivity index is 1.83. The summed E-state index contributed by atoms with van der Waals surface area (Å²) in [7, 11) is 0. The Hall–Kier alpha value is -1.67. The molecule has 1 unspecified atom stereocenters. The van der Waals surface area contributed by atoms with Gasteiger partial charge < -0.3 is 9.42 Å². The smallest absolute Gasteiger partial charge is 0.210 e. The highest BCUT2D eigenvalue weighted by molar-refractivity contribution is 8.15. The molecule has 3 aliphatic rings. The minimum absolute atomic E-state index is 0.000190. The van der Waals surface area contributed by atoms with E-state index in [9.17, 15) is 0 Å². The first-order chi connectivity index (χ1) is 12.2. The van der Waals surface area contributed by atoms with E-state index in [4.69, 9.17) is 26.7 Å². The van der Waals surface area contributed by atoms with Crippen LogP contribution in [0.2, 0.25) is 0 Å². The van der Waals surface area contributed by atoms with Crippen molar-refractivity contribution in [2.24, 2.45) is 5.10 Å². The third-order valence-corrected chi connectivity index (χ3v) is 8.61. The Labute approximate surface area is 153 Å². The summed E-state index contributed by atoms with van der Waals surface area (Å²) in [6, 6.07) is 12.1. The highest BCUT2D eigenvalue weighted by atomic mass is 32.4. The monoisotopic (exact) mass is 372 g/mol. The Morgan fingerprint density at radius 3 is 2.64 bits per heavy atom. The zero-order chi connectivity index (χ0) is 17.3. The van der Waals surface area contributed by atoms with Crippen LogP contribution in [-0.2, 0) is 16.3 Å². The molecule has 4 rings (SSSR count). The quantitative estimate of drug-likeness (QED) is 0.742. The van der Waals surface area contributed by atoms with Crippen molar-refractivity contribution in [1.29, 1.82) is 5.26 Å². The third kappa shape index (κ3) is 2.91. The zero-order valence-electron chi connectivity index (χ0n) is 14.1. The molecule has 0 saturated carbocycles. The molecule has 0 amide bonds. The van der Waals surface area contributed by atoms with E-state index in [1.54, 1.807) is 0 Å². The Bertz CT molecular complexity index is 808. The third-order valence-electron chi connectivity index (χ3n) is 4.90. The molecule has 0 radical (unpaired) electrons. The second-order valence-corrected chi connectivity index (χ2v) is 10.1. The molecule has 25 heavy (non-hydrogen) atoms. The van der Waals surface area contributed by atoms with Gasteiger partial charge in [0, 0.05) is 18.8 Å². The molecular formula is C18H21N4OPS. The van der Waals surface area contributed by atoms with Crippen molar-refractivity contribution in [3.63, 3.8) is 0 Å². The first-order valence-corrected chi connectivity index (χ1v) is 11.4.